The van der Waals surface area contributed by atoms with E-state index in [1.165, 1.54) is 13.0 Å². The molecule has 12 heavy (non-hydrogen) atoms. The third kappa shape index (κ3) is 1.51. The minimum Gasteiger partial charge on any atom is -0.480 e. The summed E-state index contributed by atoms with van der Waals surface area (Å²) in [5.74, 6) is -0.897. The molecule has 1 unspecified atom stereocenters. The lowest BCUT2D eigenvalue weighted by Gasteiger charge is -2.15. The van der Waals surface area contributed by atoms with Gasteiger partial charge < -0.3 is 15.3 Å². The molecular weight excluding hydrogens is 226 g/mol. The molecule has 1 rings (SSSR count). The second kappa shape index (κ2) is 2.91. The van der Waals surface area contributed by atoms with Crippen LogP contribution in [-0.4, -0.2) is 11.1 Å². The van der Waals surface area contributed by atoms with E-state index < -0.39 is 11.5 Å². The van der Waals surface area contributed by atoms with Crippen molar-refractivity contribution >= 4 is 21.9 Å². The van der Waals surface area contributed by atoms with E-state index in [0.29, 0.717) is 4.67 Å². The van der Waals surface area contributed by atoms with Gasteiger partial charge in [0.2, 0.25) is 0 Å². The molecule has 1 aromatic heterocycles. The Morgan fingerprint density at radius 3 is 2.67 bits per heavy atom. The number of halogens is 1. The lowest BCUT2D eigenvalue weighted by atomic mass is 10.0. The van der Waals surface area contributed by atoms with Crippen molar-refractivity contribution in [2.75, 3.05) is 0 Å². The van der Waals surface area contributed by atoms with Gasteiger partial charge in [-0.15, -0.1) is 0 Å². The molecule has 0 radical (unpaired) electrons. The van der Waals surface area contributed by atoms with Gasteiger partial charge in [-0.1, -0.05) is 0 Å². The molecule has 66 valence electrons. The Morgan fingerprint density at radius 2 is 2.33 bits per heavy atom. The molecule has 0 bridgehead atoms. The van der Waals surface area contributed by atoms with E-state index in [-0.39, 0.29) is 5.76 Å². The van der Waals surface area contributed by atoms with E-state index >= 15 is 0 Å². The van der Waals surface area contributed by atoms with E-state index in [1.807, 2.05) is 0 Å². The molecule has 0 aliphatic carbocycles. The van der Waals surface area contributed by atoms with Crippen molar-refractivity contribution in [3.63, 3.8) is 0 Å². The van der Waals surface area contributed by atoms with Gasteiger partial charge in [-0.2, -0.15) is 0 Å². The minimum atomic E-state index is -1.47. The minimum absolute atomic E-state index is 0.224. The molecule has 0 aliphatic heterocycles. The molecule has 0 amide bonds. The number of hydrogen-bond donors (Lipinski definition) is 2. The molecule has 1 heterocycles. The second-order valence-electron chi connectivity index (χ2n) is 2.61. The first-order chi connectivity index (χ1) is 5.44. The molecule has 5 heteroatoms. The van der Waals surface area contributed by atoms with E-state index in [2.05, 4.69) is 15.9 Å². The van der Waals surface area contributed by atoms with E-state index in [0.717, 1.165) is 0 Å². The summed E-state index contributed by atoms with van der Waals surface area (Å²) in [6.07, 6.45) is 0. The van der Waals surface area contributed by atoms with Crippen LogP contribution in [0.4, 0.5) is 0 Å². The number of nitrogens with two attached hydrogens (primary N) is 1. The number of furan rings is 1. The average molecular weight is 234 g/mol. The van der Waals surface area contributed by atoms with Gasteiger partial charge in [0.25, 0.3) is 0 Å². The number of carboxylic acids is 1. The predicted octanol–water partition coefficient (Wildman–Crippen LogP) is 1.30. The Kier molecular flexibility index (Phi) is 2.25. The predicted molar refractivity (Wildman–Crippen MR) is 45.6 cm³/mol. The monoisotopic (exact) mass is 233 g/mol. The van der Waals surface area contributed by atoms with Crippen LogP contribution in [0.5, 0.6) is 0 Å². The summed E-state index contributed by atoms with van der Waals surface area (Å²) >= 11 is 3.06. The largest absolute Gasteiger partial charge is 0.480 e. The van der Waals surface area contributed by atoms with Gasteiger partial charge in [0.05, 0.1) is 0 Å². The van der Waals surface area contributed by atoms with Crippen LogP contribution in [0, 0.1) is 0 Å². The first-order valence-corrected chi connectivity index (χ1v) is 4.02. The fraction of sp³-hybridized carbons (Fsp3) is 0.286. The van der Waals surface area contributed by atoms with E-state index in [1.54, 1.807) is 6.07 Å². The van der Waals surface area contributed by atoms with Crippen molar-refractivity contribution in [2.45, 2.75) is 12.5 Å². The first-order valence-electron chi connectivity index (χ1n) is 3.22. The van der Waals surface area contributed by atoms with Crippen LogP contribution < -0.4 is 5.73 Å². The lowest BCUT2D eigenvalue weighted by Crippen LogP contribution is -2.41. The first kappa shape index (κ1) is 9.28. The normalized spacial score (nSPS) is 15.6. The molecular formula is C7H8BrNO3. The van der Waals surface area contributed by atoms with Crippen LogP contribution in [-0.2, 0) is 10.3 Å². The molecule has 1 atom stereocenters. The summed E-state index contributed by atoms with van der Waals surface area (Å²) in [4.78, 5) is 10.6. The van der Waals surface area contributed by atoms with Crippen LogP contribution in [0.1, 0.15) is 12.7 Å². The van der Waals surface area contributed by atoms with Crippen molar-refractivity contribution in [3.05, 3.63) is 22.6 Å². The summed E-state index contributed by atoms with van der Waals surface area (Å²) in [6, 6.07) is 3.13. The SMILES string of the molecule is CC(N)(C(=O)O)c1ccc(Br)o1. The van der Waals surface area contributed by atoms with Gasteiger partial charge in [0.1, 0.15) is 5.76 Å². The molecule has 0 saturated heterocycles. The Hall–Kier alpha value is -0.810. The number of aliphatic carboxylic acids is 1. The van der Waals surface area contributed by atoms with Crippen LogP contribution in [0.3, 0.4) is 0 Å². The summed E-state index contributed by atoms with van der Waals surface area (Å²) in [6.45, 7) is 1.38. The Balaban J connectivity index is 3.05. The Bertz CT molecular complexity index is 305. The van der Waals surface area contributed by atoms with Gasteiger partial charge in [-0.3, -0.25) is 0 Å². The third-order valence-electron chi connectivity index (χ3n) is 1.53. The summed E-state index contributed by atoms with van der Waals surface area (Å²) in [5, 5.41) is 8.70. The molecule has 0 aromatic carbocycles. The van der Waals surface area contributed by atoms with Gasteiger partial charge >= 0.3 is 5.97 Å². The quantitative estimate of drug-likeness (QED) is 0.808. The number of carboxylic acid groups (broad SMARTS) is 1. The Labute approximate surface area is 77.5 Å². The second-order valence-corrected chi connectivity index (χ2v) is 3.39. The van der Waals surface area contributed by atoms with Crippen LogP contribution >= 0.6 is 15.9 Å². The van der Waals surface area contributed by atoms with E-state index in [4.69, 9.17) is 15.3 Å². The highest BCUT2D eigenvalue weighted by Gasteiger charge is 2.33. The van der Waals surface area contributed by atoms with Gasteiger partial charge in [0.15, 0.2) is 10.2 Å². The molecule has 4 nitrogen and oxygen atoms in total. The van der Waals surface area contributed by atoms with Crippen molar-refractivity contribution < 1.29 is 14.3 Å². The zero-order valence-electron chi connectivity index (χ0n) is 6.37. The van der Waals surface area contributed by atoms with Crippen molar-refractivity contribution in [1.29, 1.82) is 0 Å². The van der Waals surface area contributed by atoms with Gasteiger partial charge in [-0.05, 0) is 35.0 Å². The molecule has 0 saturated carbocycles. The smallest absolute Gasteiger partial charge is 0.331 e. The lowest BCUT2D eigenvalue weighted by molar-refractivity contribution is -0.143. The highest BCUT2D eigenvalue weighted by molar-refractivity contribution is 9.10. The van der Waals surface area contributed by atoms with Crippen LogP contribution in [0.25, 0.3) is 0 Å². The highest BCUT2D eigenvalue weighted by atomic mass is 79.9. The topological polar surface area (TPSA) is 76.5 Å². The number of carbonyl (C=O) groups is 1. The summed E-state index contributed by atoms with van der Waals surface area (Å²) in [7, 11) is 0. The standard InChI is InChI=1S/C7H8BrNO3/c1-7(9,6(10)11)4-2-3-5(8)12-4/h2-3H,9H2,1H3,(H,10,11). The maximum Gasteiger partial charge on any atom is 0.331 e. The zero-order chi connectivity index (χ0) is 9.35. The molecule has 3 N–H and O–H groups in total. The van der Waals surface area contributed by atoms with Crippen molar-refractivity contribution in [3.8, 4) is 0 Å². The zero-order valence-corrected chi connectivity index (χ0v) is 7.96. The van der Waals surface area contributed by atoms with Crippen LogP contribution in [0.15, 0.2) is 21.2 Å². The van der Waals surface area contributed by atoms with Gasteiger partial charge in [0, 0.05) is 0 Å². The maximum absolute atomic E-state index is 10.6. The molecule has 0 fully saturated rings. The third-order valence-corrected chi connectivity index (χ3v) is 1.96. The molecule has 0 aliphatic rings. The fourth-order valence-corrected chi connectivity index (χ4v) is 1.01. The molecule has 0 spiro atoms. The number of rotatable bonds is 2. The van der Waals surface area contributed by atoms with Crippen LogP contribution in [0.2, 0.25) is 0 Å². The van der Waals surface area contributed by atoms with E-state index in [9.17, 15) is 4.79 Å². The number of hydrogen-bond acceptors (Lipinski definition) is 3. The highest BCUT2D eigenvalue weighted by Crippen LogP contribution is 2.23. The van der Waals surface area contributed by atoms with Gasteiger partial charge in [-0.25, -0.2) is 4.79 Å². The van der Waals surface area contributed by atoms with Crippen molar-refractivity contribution in [1.82, 2.24) is 0 Å². The summed E-state index contributed by atoms with van der Waals surface area (Å²) < 4.78 is 5.49. The Morgan fingerprint density at radius 1 is 1.75 bits per heavy atom. The summed E-state index contributed by atoms with van der Waals surface area (Å²) in [5.41, 5.74) is 4.01. The molecule has 1 aromatic rings. The fourth-order valence-electron chi connectivity index (χ4n) is 0.699. The maximum atomic E-state index is 10.6. The van der Waals surface area contributed by atoms with Crippen molar-refractivity contribution in [2.24, 2.45) is 5.73 Å². The average Bonchev–Trinajstić information content (AvgIpc) is 2.35.